The summed E-state index contributed by atoms with van der Waals surface area (Å²) in [4.78, 5) is 24.2. The van der Waals surface area contributed by atoms with Gasteiger partial charge in [-0.15, -0.1) is 5.10 Å². The molecule has 3 aromatic rings. The fourth-order valence-corrected chi connectivity index (χ4v) is 3.29. The van der Waals surface area contributed by atoms with Gasteiger partial charge in [-0.05, 0) is 30.7 Å². The maximum absolute atomic E-state index is 12.4. The zero-order chi connectivity index (χ0) is 19.8. The number of amides is 1. The monoisotopic (exact) mass is 398 g/mol. The lowest BCUT2D eigenvalue weighted by atomic mass is 10.3. The lowest BCUT2D eigenvalue weighted by molar-refractivity contribution is -0.113. The minimum Gasteiger partial charge on any atom is -0.455 e. The molecule has 2 aromatic carbocycles. The molecule has 0 radical (unpaired) electrons. The Bertz CT molecular complexity index is 969. The first-order chi connectivity index (χ1) is 13.7. The summed E-state index contributed by atoms with van der Waals surface area (Å²) in [5, 5.41) is 9.82. The number of rotatable bonds is 9. The molecule has 28 heavy (non-hydrogen) atoms. The Kier molecular flexibility index (Phi) is 6.91. The number of hydrogen-bond donors (Lipinski definition) is 2. The van der Waals surface area contributed by atoms with E-state index in [0.717, 1.165) is 12.8 Å². The first kappa shape index (κ1) is 19.8. The van der Waals surface area contributed by atoms with Gasteiger partial charge in [0.2, 0.25) is 5.91 Å². The predicted molar refractivity (Wildman–Crippen MR) is 110 cm³/mol. The lowest BCUT2D eigenvalue weighted by Gasteiger charge is -2.12. The minimum atomic E-state index is -0.252. The molecule has 0 aliphatic rings. The molecule has 0 bridgehead atoms. The van der Waals surface area contributed by atoms with Crippen LogP contribution in [-0.4, -0.2) is 26.4 Å². The Hall–Kier alpha value is -3.00. The number of ether oxygens (including phenoxy) is 1. The maximum Gasteiger partial charge on any atom is 0.343 e. The van der Waals surface area contributed by atoms with E-state index < -0.39 is 0 Å². The second-order valence-electron chi connectivity index (χ2n) is 6.06. The molecular formula is C20H22N4O3S. The van der Waals surface area contributed by atoms with Crippen molar-refractivity contribution in [2.75, 3.05) is 11.1 Å². The molecule has 1 aromatic heterocycles. The van der Waals surface area contributed by atoms with E-state index in [0.29, 0.717) is 28.9 Å². The summed E-state index contributed by atoms with van der Waals surface area (Å²) in [5.41, 5.74) is 0.334. The zero-order valence-electron chi connectivity index (χ0n) is 15.6. The van der Waals surface area contributed by atoms with Crippen LogP contribution in [0.5, 0.6) is 11.5 Å². The highest BCUT2D eigenvalue weighted by Crippen LogP contribution is 2.29. The number of carbonyl (C=O) groups is 1. The molecule has 0 saturated carbocycles. The summed E-state index contributed by atoms with van der Waals surface area (Å²) in [6, 6.07) is 16.6. The topological polar surface area (TPSA) is 89.0 Å². The number of thioether (sulfide) groups is 1. The molecule has 0 fully saturated rings. The van der Waals surface area contributed by atoms with Crippen LogP contribution in [0.1, 0.15) is 19.8 Å². The van der Waals surface area contributed by atoms with Gasteiger partial charge in [-0.3, -0.25) is 9.36 Å². The number of unbranched alkanes of at least 4 members (excludes halogenated alkanes) is 1. The predicted octanol–water partition coefficient (Wildman–Crippen LogP) is 3.89. The van der Waals surface area contributed by atoms with Crippen molar-refractivity contribution in [1.82, 2.24) is 14.8 Å². The summed E-state index contributed by atoms with van der Waals surface area (Å²) in [6.45, 7) is 2.64. The Morgan fingerprint density at radius 3 is 2.71 bits per heavy atom. The van der Waals surface area contributed by atoms with Crippen molar-refractivity contribution in [3.05, 3.63) is 65.1 Å². The summed E-state index contributed by atoms with van der Waals surface area (Å²) in [5.74, 6) is 1.18. The average molecular weight is 398 g/mol. The van der Waals surface area contributed by atoms with Crippen LogP contribution in [0.4, 0.5) is 5.69 Å². The zero-order valence-corrected chi connectivity index (χ0v) is 16.4. The van der Waals surface area contributed by atoms with Crippen LogP contribution < -0.4 is 15.7 Å². The van der Waals surface area contributed by atoms with Gasteiger partial charge in [0.05, 0.1) is 11.4 Å². The number of H-pyrrole nitrogens is 1. The van der Waals surface area contributed by atoms with Crippen LogP contribution >= 0.6 is 11.8 Å². The van der Waals surface area contributed by atoms with Crippen LogP contribution in [0.25, 0.3) is 0 Å². The highest BCUT2D eigenvalue weighted by atomic mass is 32.2. The Balaban J connectivity index is 1.62. The van der Waals surface area contributed by atoms with Crippen LogP contribution in [0.15, 0.2) is 64.5 Å². The number of aromatic amines is 1. The fraction of sp³-hybridized carbons (Fsp3) is 0.250. The number of carbonyl (C=O) groups excluding carboxylic acids is 1. The van der Waals surface area contributed by atoms with Crippen molar-refractivity contribution < 1.29 is 9.53 Å². The molecule has 0 unspecified atom stereocenters. The molecule has 8 heteroatoms. The van der Waals surface area contributed by atoms with Crippen molar-refractivity contribution in [1.29, 1.82) is 0 Å². The number of hydrogen-bond acceptors (Lipinski definition) is 5. The quantitative estimate of drug-likeness (QED) is 0.534. The molecular weight excluding hydrogens is 376 g/mol. The van der Waals surface area contributed by atoms with E-state index in [2.05, 4.69) is 22.4 Å². The van der Waals surface area contributed by atoms with E-state index >= 15 is 0 Å². The van der Waals surface area contributed by atoms with E-state index in [1.165, 1.54) is 11.8 Å². The Morgan fingerprint density at radius 2 is 1.93 bits per heavy atom. The van der Waals surface area contributed by atoms with Crippen LogP contribution in [0.2, 0.25) is 0 Å². The van der Waals surface area contributed by atoms with E-state index in [-0.39, 0.29) is 17.3 Å². The number of para-hydroxylation sites is 3. The highest BCUT2D eigenvalue weighted by molar-refractivity contribution is 7.99. The molecule has 7 nitrogen and oxygen atoms in total. The SMILES string of the molecule is CCCCn1c(SCC(=O)Nc2ccccc2Oc2ccccc2)n[nH]c1=O. The number of anilines is 1. The molecule has 0 saturated heterocycles. The fourth-order valence-electron chi connectivity index (χ4n) is 2.52. The van der Waals surface area contributed by atoms with E-state index in [9.17, 15) is 9.59 Å². The molecule has 0 atom stereocenters. The third-order valence-corrected chi connectivity index (χ3v) is 4.90. The van der Waals surface area contributed by atoms with Crippen molar-refractivity contribution in [2.45, 2.75) is 31.5 Å². The number of nitrogens with zero attached hydrogens (tertiary/aromatic N) is 2. The average Bonchev–Trinajstić information content (AvgIpc) is 3.06. The first-order valence-corrected chi connectivity index (χ1v) is 10.1. The molecule has 0 aliphatic heterocycles. The summed E-state index contributed by atoms with van der Waals surface area (Å²) >= 11 is 1.22. The largest absolute Gasteiger partial charge is 0.455 e. The van der Waals surface area contributed by atoms with Gasteiger partial charge >= 0.3 is 5.69 Å². The van der Waals surface area contributed by atoms with Gasteiger partial charge in [0.15, 0.2) is 10.9 Å². The van der Waals surface area contributed by atoms with Gasteiger partial charge in [-0.1, -0.05) is 55.4 Å². The molecule has 0 spiro atoms. The molecule has 1 amide bonds. The second-order valence-corrected chi connectivity index (χ2v) is 7.01. The maximum atomic E-state index is 12.4. The molecule has 1 heterocycles. The van der Waals surface area contributed by atoms with Gasteiger partial charge in [0, 0.05) is 6.54 Å². The number of benzene rings is 2. The van der Waals surface area contributed by atoms with Gasteiger partial charge < -0.3 is 10.1 Å². The third-order valence-electron chi connectivity index (χ3n) is 3.92. The Morgan fingerprint density at radius 1 is 1.18 bits per heavy atom. The molecule has 2 N–H and O–H groups in total. The smallest absolute Gasteiger partial charge is 0.343 e. The third kappa shape index (κ3) is 5.26. The molecule has 0 aliphatic carbocycles. The van der Waals surface area contributed by atoms with Gasteiger partial charge in [-0.25, -0.2) is 9.89 Å². The summed E-state index contributed by atoms with van der Waals surface area (Å²) in [6.07, 6.45) is 1.85. The molecule has 146 valence electrons. The minimum absolute atomic E-state index is 0.135. The number of aromatic nitrogens is 3. The lowest BCUT2D eigenvalue weighted by Crippen LogP contribution is -2.19. The first-order valence-electron chi connectivity index (χ1n) is 9.07. The highest BCUT2D eigenvalue weighted by Gasteiger charge is 2.13. The van der Waals surface area contributed by atoms with Crippen molar-refractivity contribution in [3.8, 4) is 11.5 Å². The second kappa shape index (κ2) is 9.80. The number of nitrogens with one attached hydrogen (secondary N) is 2. The van der Waals surface area contributed by atoms with Crippen LogP contribution in [0.3, 0.4) is 0 Å². The van der Waals surface area contributed by atoms with Gasteiger partial charge in [0.1, 0.15) is 5.75 Å². The van der Waals surface area contributed by atoms with Crippen LogP contribution in [0, 0.1) is 0 Å². The van der Waals surface area contributed by atoms with E-state index in [4.69, 9.17) is 4.74 Å². The normalized spacial score (nSPS) is 10.6. The Labute approximate surface area is 167 Å². The summed E-state index contributed by atoms with van der Waals surface area (Å²) < 4.78 is 7.42. The summed E-state index contributed by atoms with van der Waals surface area (Å²) in [7, 11) is 0. The van der Waals surface area contributed by atoms with Gasteiger partial charge in [0.25, 0.3) is 0 Å². The van der Waals surface area contributed by atoms with Crippen LogP contribution in [-0.2, 0) is 11.3 Å². The van der Waals surface area contributed by atoms with E-state index in [1.807, 2.05) is 42.5 Å². The molecule has 3 rings (SSSR count). The standard InChI is InChI=1S/C20H22N4O3S/c1-2-3-13-24-19(26)22-23-20(24)28-14-18(25)21-16-11-7-8-12-17(16)27-15-9-5-4-6-10-15/h4-12H,2-3,13-14H2,1H3,(H,21,25)(H,22,26). The van der Waals surface area contributed by atoms with Crippen molar-refractivity contribution in [2.24, 2.45) is 0 Å². The van der Waals surface area contributed by atoms with Gasteiger partial charge in [-0.2, -0.15) is 0 Å². The van der Waals surface area contributed by atoms with E-state index in [1.54, 1.807) is 16.7 Å². The van der Waals surface area contributed by atoms with Crippen molar-refractivity contribution in [3.63, 3.8) is 0 Å². The van der Waals surface area contributed by atoms with Crippen molar-refractivity contribution >= 4 is 23.4 Å².